The normalized spacial score (nSPS) is 12.8. The van der Waals surface area contributed by atoms with Gasteiger partial charge in [-0.15, -0.1) is 6.58 Å². The molecule has 1 heterocycles. The lowest BCUT2D eigenvalue weighted by molar-refractivity contribution is 0.0514. The Balaban J connectivity index is 2.44. The predicted octanol–water partition coefficient (Wildman–Crippen LogP) is 3.88. The number of carbonyl (C=O) groups is 2. The molecule has 0 spiro atoms. The number of aromatic nitrogens is 1. The standard InChI is InChI=1S/C24H30N2O5S/c1-7-15-26(32(29,30)16-14-20-12-10-9-11-13-20)19(5)23(27)21-17(3)22(24(28)31-8-2)25(6)18(21)4/h7,9-14,16,19H,1,8,15H2,2-6H3/b16-14+. The molecule has 0 radical (unpaired) electrons. The van der Waals surface area contributed by atoms with Crippen LogP contribution in [-0.4, -0.2) is 48.2 Å². The van der Waals surface area contributed by atoms with E-state index in [2.05, 4.69) is 6.58 Å². The quantitative estimate of drug-likeness (QED) is 0.306. The van der Waals surface area contributed by atoms with Gasteiger partial charge < -0.3 is 9.30 Å². The SMILES string of the molecule is C=CCN(C(C)C(=O)c1c(C)c(C(=O)OCC)n(C)c1C)S(=O)(=O)/C=C/c1ccccc1. The molecular formula is C24H30N2O5S. The molecule has 8 heteroatoms. The summed E-state index contributed by atoms with van der Waals surface area (Å²) >= 11 is 0. The lowest BCUT2D eigenvalue weighted by Crippen LogP contribution is -2.42. The molecule has 0 aliphatic rings. The lowest BCUT2D eigenvalue weighted by Gasteiger charge is -2.25. The molecule has 0 amide bonds. The van der Waals surface area contributed by atoms with Gasteiger partial charge in [-0.2, -0.15) is 4.31 Å². The molecule has 0 fully saturated rings. The largest absolute Gasteiger partial charge is 0.461 e. The predicted molar refractivity (Wildman–Crippen MR) is 126 cm³/mol. The van der Waals surface area contributed by atoms with Gasteiger partial charge in [-0.05, 0) is 44.9 Å². The molecule has 0 saturated heterocycles. The number of rotatable bonds is 10. The summed E-state index contributed by atoms with van der Waals surface area (Å²) in [5.41, 5.74) is 2.36. The van der Waals surface area contributed by atoms with Crippen molar-refractivity contribution in [2.45, 2.75) is 33.7 Å². The van der Waals surface area contributed by atoms with E-state index in [1.165, 1.54) is 19.1 Å². The second-order valence-electron chi connectivity index (χ2n) is 7.37. The van der Waals surface area contributed by atoms with Crippen LogP contribution in [0.25, 0.3) is 6.08 Å². The van der Waals surface area contributed by atoms with Gasteiger partial charge >= 0.3 is 5.97 Å². The second kappa shape index (κ2) is 10.6. The van der Waals surface area contributed by atoms with E-state index in [4.69, 9.17) is 4.74 Å². The van der Waals surface area contributed by atoms with Crippen LogP contribution in [0.1, 0.15) is 51.5 Å². The monoisotopic (exact) mass is 458 g/mol. The highest BCUT2D eigenvalue weighted by Crippen LogP contribution is 2.25. The number of nitrogens with zero attached hydrogens (tertiary/aromatic N) is 2. The van der Waals surface area contributed by atoms with Crippen LogP contribution in [0.3, 0.4) is 0 Å². The first-order valence-electron chi connectivity index (χ1n) is 10.3. The molecule has 1 aromatic carbocycles. The molecule has 1 atom stereocenters. The summed E-state index contributed by atoms with van der Waals surface area (Å²) in [6.07, 6.45) is 2.92. The zero-order valence-corrected chi connectivity index (χ0v) is 20.0. The van der Waals surface area contributed by atoms with Crippen molar-refractivity contribution in [1.82, 2.24) is 8.87 Å². The maximum absolute atomic E-state index is 13.4. The van der Waals surface area contributed by atoms with E-state index in [9.17, 15) is 18.0 Å². The van der Waals surface area contributed by atoms with Gasteiger partial charge in [-0.25, -0.2) is 13.2 Å². The number of sulfonamides is 1. The van der Waals surface area contributed by atoms with Gasteiger partial charge in [0.05, 0.1) is 12.6 Å². The number of hydrogen-bond acceptors (Lipinski definition) is 5. The van der Waals surface area contributed by atoms with Crippen LogP contribution in [-0.2, 0) is 21.8 Å². The van der Waals surface area contributed by atoms with Crippen LogP contribution < -0.4 is 0 Å². The summed E-state index contributed by atoms with van der Waals surface area (Å²) in [4.78, 5) is 25.8. The van der Waals surface area contributed by atoms with Crippen LogP contribution in [0.4, 0.5) is 0 Å². The van der Waals surface area contributed by atoms with E-state index < -0.39 is 27.8 Å². The zero-order chi connectivity index (χ0) is 24.1. The third-order valence-corrected chi connectivity index (χ3v) is 6.92. The number of Topliss-reactive ketones (excluding diaryl/α,β-unsaturated/α-hetero) is 1. The number of hydrogen-bond donors (Lipinski definition) is 0. The zero-order valence-electron chi connectivity index (χ0n) is 19.2. The fraction of sp³-hybridized carbons (Fsp3) is 0.333. The van der Waals surface area contributed by atoms with Gasteiger partial charge in [0.2, 0.25) is 10.0 Å². The maximum Gasteiger partial charge on any atom is 0.355 e. The fourth-order valence-corrected chi connectivity index (χ4v) is 4.92. The Morgan fingerprint density at radius 2 is 1.84 bits per heavy atom. The van der Waals surface area contributed by atoms with Crippen molar-refractivity contribution >= 4 is 27.9 Å². The van der Waals surface area contributed by atoms with Crippen molar-refractivity contribution in [3.8, 4) is 0 Å². The number of carbonyl (C=O) groups excluding carboxylic acids is 2. The molecule has 0 saturated carbocycles. The van der Waals surface area contributed by atoms with Crippen molar-refractivity contribution in [3.63, 3.8) is 0 Å². The van der Waals surface area contributed by atoms with Crippen molar-refractivity contribution in [2.24, 2.45) is 7.05 Å². The van der Waals surface area contributed by atoms with Crippen molar-refractivity contribution in [2.75, 3.05) is 13.2 Å². The van der Waals surface area contributed by atoms with E-state index in [1.54, 1.807) is 44.5 Å². The minimum Gasteiger partial charge on any atom is -0.461 e. The molecular weight excluding hydrogens is 428 g/mol. The van der Waals surface area contributed by atoms with Crippen LogP contribution in [0.2, 0.25) is 0 Å². The Hall–Kier alpha value is -2.97. The summed E-state index contributed by atoms with van der Waals surface area (Å²) < 4.78 is 33.9. The number of ketones is 1. The molecule has 0 bridgehead atoms. The molecule has 7 nitrogen and oxygen atoms in total. The molecule has 2 aromatic rings. The van der Waals surface area contributed by atoms with Crippen LogP contribution in [0, 0.1) is 13.8 Å². The van der Waals surface area contributed by atoms with Gasteiger partial charge in [0.25, 0.3) is 0 Å². The Morgan fingerprint density at radius 3 is 2.41 bits per heavy atom. The molecule has 32 heavy (non-hydrogen) atoms. The number of ether oxygens (including phenoxy) is 1. The minimum absolute atomic E-state index is 0.0377. The van der Waals surface area contributed by atoms with Crippen LogP contribution in [0.15, 0.2) is 48.4 Å². The third-order valence-electron chi connectivity index (χ3n) is 5.33. The second-order valence-corrected chi connectivity index (χ2v) is 9.14. The average Bonchev–Trinajstić information content (AvgIpc) is 2.98. The summed E-state index contributed by atoms with van der Waals surface area (Å²) in [7, 11) is -2.25. The highest BCUT2D eigenvalue weighted by molar-refractivity contribution is 7.92. The minimum atomic E-state index is -3.93. The van der Waals surface area contributed by atoms with Gasteiger partial charge in [0.15, 0.2) is 5.78 Å². The molecule has 0 N–H and O–H groups in total. The summed E-state index contributed by atoms with van der Waals surface area (Å²) in [5, 5.41) is 1.09. The highest BCUT2D eigenvalue weighted by Gasteiger charge is 2.34. The van der Waals surface area contributed by atoms with Gasteiger partial charge in [0.1, 0.15) is 5.69 Å². The Morgan fingerprint density at radius 1 is 1.22 bits per heavy atom. The lowest BCUT2D eigenvalue weighted by atomic mass is 10.0. The highest BCUT2D eigenvalue weighted by atomic mass is 32.2. The molecule has 1 unspecified atom stereocenters. The number of benzene rings is 1. The molecule has 1 aromatic heterocycles. The van der Waals surface area contributed by atoms with Crippen molar-refractivity contribution in [3.05, 3.63) is 76.5 Å². The molecule has 0 aliphatic heterocycles. The fourth-order valence-electron chi connectivity index (χ4n) is 3.59. The molecule has 2 rings (SSSR count). The summed E-state index contributed by atoms with van der Waals surface area (Å²) in [6.45, 7) is 10.4. The van der Waals surface area contributed by atoms with E-state index in [0.717, 1.165) is 15.3 Å². The van der Waals surface area contributed by atoms with Crippen molar-refractivity contribution in [1.29, 1.82) is 0 Å². The van der Waals surface area contributed by atoms with E-state index in [1.807, 2.05) is 18.2 Å². The Labute approximate surface area is 190 Å². The van der Waals surface area contributed by atoms with Gasteiger partial charge in [-0.1, -0.05) is 36.4 Å². The van der Waals surface area contributed by atoms with Crippen LogP contribution >= 0.6 is 0 Å². The maximum atomic E-state index is 13.4. The van der Waals surface area contributed by atoms with Crippen LogP contribution in [0.5, 0.6) is 0 Å². The first kappa shape index (κ1) is 25.3. The third kappa shape index (κ3) is 5.26. The summed E-state index contributed by atoms with van der Waals surface area (Å²) in [6, 6.07) is 8.02. The molecule has 172 valence electrons. The van der Waals surface area contributed by atoms with Gasteiger partial charge in [0, 0.05) is 30.3 Å². The Kier molecular flexibility index (Phi) is 8.35. The van der Waals surface area contributed by atoms with Crippen molar-refractivity contribution < 1.29 is 22.7 Å². The molecule has 0 aliphatic carbocycles. The van der Waals surface area contributed by atoms with Gasteiger partial charge in [-0.3, -0.25) is 4.79 Å². The van der Waals surface area contributed by atoms with E-state index >= 15 is 0 Å². The number of esters is 1. The Bertz CT molecular complexity index is 1130. The van der Waals surface area contributed by atoms with E-state index in [-0.39, 0.29) is 18.8 Å². The van der Waals surface area contributed by atoms with E-state index in [0.29, 0.717) is 16.8 Å². The smallest absolute Gasteiger partial charge is 0.355 e. The summed E-state index contributed by atoms with van der Waals surface area (Å²) in [5.74, 6) is -0.923. The average molecular weight is 459 g/mol. The first-order chi connectivity index (χ1) is 15.1. The first-order valence-corrected chi connectivity index (χ1v) is 11.8. The topological polar surface area (TPSA) is 85.7 Å².